The second-order valence-corrected chi connectivity index (χ2v) is 9.05. The zero-order valence-electron chi connectivity index (χ0n) is 17.2. The van der Waals surface area contributed by atoms with Gasteiger partial charge in [-0.3, -0.25) is 9.59 Å². The van der Waals surface area contributed by atoms with Crippen molar-refractivity contribution in [1.29, 1.82) is 0 Å². The summed E-state index contributed by atoms with van der Waals surface area (Å²) in [6, 6.07) is 22.4. The maximum absolute atomic E-state index is 12.2. The number of rotatable bonds is 9. The van der Waals surface area contributed by atoms with Crippen LogP contribution in [0.2, 0.25) is 0 Å². The number of carbonyl (C=O) groups is 2. The Morgan fingerprint density at radius 2 is 1.52 bits per heavy atom. The third kappa shape index (κ3) is 6.91. The standard InChI is InChI=1S/C23H25N3O4S/c1-17(20-12-11-19-9-5-6-10-21(19)13-20)26-23(28)14-24-22(27)15-25-31(29,30)16-18-7-3-2-4-8-18/h2-13,17,25H,14-16H2,1H3,(H,24,27)(H,26,28)/t17-/m1/s1. The highest BCUT2D eigenvalue weighted by Gasteiger charge is 2.15. The van der Waals surface area contributed by atoms with Crippen LogP contribution >= 0.6 is 0 Å². The van der Waals surface area contributed by atoms with Crippen LogP contribution in [0.1, 0.15) is 24.1 Å². The fourth-order valence-electron chi connectivity index (χ4n) is 3.11. The lowest BCUT2D eigenvalue weighted by molar-refractivity contribution is -0.125. The number of sulfonamides is 1. The first-order valence-electron chi connectivity index (χ1n) is 9.88. The minimum absolute atomic E-state index is 0.217. The van der Waals surface area contributed by atoms with Crippen LogP contribution in [0.4, 0.5) is 0 Å². The molecule has 0 saturated heterocycles. The predicted molar refractivity (Wildman–Crippen MR) is 121 cm³/mol. The Balaban J connectivity index is 1.43. The molecule has 3 rings (SSSR count). The second-order valence-electron chi connectivity index (χ2n) is 7.24. The van der Waals surface area contributed by atoms with E-state index >= 15 is 0 Å². The summed E-state index contributed by atoms with van der Waals surface area (Å²) < 4.78 is 26.4. The second kappa shape index (κ2) is 10.2. The Kier molecular flexibility index (Phi) is 7.38. The molecule has 31 heavy (non-hydrogen) atoms. The average molecular weight is 440 g/mol. The summed E-state index contributed by atoms with van der Waals surface area (Å²) in [5.74, 6) is -1.16. The van der Waals surface area contributed by atoms with Crippen molar-refractivity contribution >= 4 is 32.6 Å². The number of carbonyl (C=O) groups excluding carboxylic acids is 2. The van der Waals surface area contributed by atoms with Gasteiger partial charge in [-0.15, -0.1) is 0 Å². The molecule has 2 amide bonds. The van der Waals surface area contributed by atoms with Crippen LogP contribution in [0.25, 0.3) is 10.8 Å². The molecule has 8 heteroatoms. The van der Waals surface area contributed by atoms with Gasteiger partial charge in [-0.05, 0) is 34.9 Å². The van der Waals surface area contributed by atoms with E-state index in [1.54, 1.807) is 30.3 Å². The molecule has 0 unspecified atom stereocenters. The summed E-state index contributed by atoms with van der Waals surface area (Å²) in [7, 11) is -3.65. The quantitative estimate of drug-likeness (QED) is 0.476. The van der Waals surface area contributed by atoms with Crippen LogP contribution in [0.15, 0.2) is 72.8 Å². The smallest absolute Gasteiger partial charge is 0.239 e. The lowest BCUT2D eigenvalue weighted by Gasteiger charge is -2.15. The number of nitrogens with one attached hydrogen (secondary N) is 3. The van der Waals surface area contributed by atoms with Crippen LogP contribution in [-0.4, -0.2) is 33.3 Å². The highest BCUT2D eigenvalue weighted by atomic mass is 32.2. The maximum atomic E-state index is 12.2. The summed E-state index contributed by atoms with van der Waals surface area (Å²) in [5.41, 5.74) is 1.57. The minimum atomic E-state index is -3.65. The summed E-state index contributed by atoms with van der Waals surface area (Å²) in [6.45, 7) is 1.20. The van der Waals surface area contributed by atoms with Gasteiger partial charge >= 0.3 is 0 Å². The first-order chi connectivity index (χ1) is 14.8. The Bertz CT molecular complexity index is 1160. The van der Waals surface area contributed by atoms with Crippen molar-refractivity contribution in [2.24, 2.45) is 0 Å². The van der Waals surface area contributed by atoms with Gasteiger partial charge in [0.15, 0.2) is 0 Å². The van der Waals surface area contributed by atoms with Crippen LogP contribution in [0, 0.1) is 0 Å². The summed E-state index contributed by atoms with van der Waals surface area (Å²) in [6.07, 6.45) is 0. The summed E-state index contributed by atoms with van der Waals surface area (Å²) in [5, 5.41) is 7.45. The van der Waals surface area contributed by atoms with Crippen molar-refractivity contribution in [3.05, 3.63) is 83.9 Å². The topological polar surface area (TPSA) is 104 Å². The van der Waals surface area contributed by atoms with E-state index in [-0.39, 0.29) is 24.2 Å². The zero-order valence-corrected chi connectivity index (χ0v) is 18.0. The van der Waals surface area contributed by atoms with E-state index in [2.05, 4.69) is 15.4 Å². The Hall–Kier alpha value is -3.23. The molecule has 3 aromatic carbocycles. The SMILES string of the molecule is C[C@@H](NC(=O)CNC(=O)CNS(=O)(=O)Cc1ccccc1)c1ccc2ccccc2c1. The molecule has 0 aliphatic heterocycles. The molecule has 1 atom stereocenters. The number of amides is 2. The lowest BCUT2D eigenvalue weighted by atomic mass is 10.0. The van der Waals surface area contributed by atoms with Crippen LogP contribution in [-0.2, 0) is 25.4 Å². The molecule has 7 nitrogen and oxygen atoms in total. The van der Waals surface area contributed by atoms with E-state index in [1.807, 2.05) is 49.4 Å². The molecule has 0 aromatic heterocycles. The first kappa shape index (κ1) is 22.5. The molecule has 0 bridgehead atoms. The highest BCUT2D eigenvalue weighted by molar-refractivity contribution is 7.88. The van der Waals surface area contributed by atoms with Crippen LogP contribution in [0.3, 0.4) is 0 Å². The van der Waals surface area contributed by atoms with Crippen molar-refractivity contribution in [3.8, 4) is 0 Å². The molecule has 162 valence electrons. The summed E-state index contributed by atoms with van der Waals surface area (Å²) in [4.78, 5) is 24.1. The van der Waals surface area contributed by atoms with E-state index in [4.69, 9.17) is 0 Å². The van der Waals surface area contributed by atoms with Gasteiger partial charge in [0.05, 0.1) is 24.9 Å². The third-order valence-corrected chi connectivity index (χ3v) is 6.05. The monoisotopic (exact) mass is 439 g/mol. The van der Waals surface area contributed by atoms with Crippen molar-refractivity contribution in [3.63, 3.8) is 0 Å². The Morgan fingerprint density at radius 1 is 0.839 bits per heavy atom. The highest BCUT2D eigenvalue weighted by Crippen LogP contribution is 2.20. The number of hydrogen-bond acceptors (Lipinski definition) is 4. The van der Waals surface area contributed by atoms with Gasteiger partial charge in [0.25, 0.3) is 0 Å². The Morgan fingerprint density at radius 3 is 2.26 bits per heavy atom. The number of fused-ring (bicyclic) bond motifs is 1. The van der Waals surface area contributed by atoms with E-state index in [9.17, 15) is 18.0 Å². The predicted octanol–water partition coefficient (Wildman–Crippen LogP) is 2.25. The Labute approximate surface area is 181 Å². The van der Waals surface area contributed by atoms with Crippen molar-refractivity contribution in [2.45, 2.75) is 18.7 Å². The minimum Gasteiger partial charge on any atom is -0.348 e. The number of benzene rings is 3. The fourth-order valence-corrected chi connectivity index (χ4v) is 4.20. The molecular weight excluding hydrogens is 414 g/mol. The molecule has 0 saturated carbocycles. The molecule has 0 aliphatic carbocycles. The molecule has 3 aromatic rings. The van der Waals surface area contributed by atoms with E-state index in [1.165, 1.54) is 0 Å². The fraction of sp³-hybridized carbons (Fsp3) is 0.217. The van der Waals surface area contributed by atoms with Gasteiger partial charge in [-0.25, -0.2) is 13.1 Å². The van der Waals surface area contributed by atoms with Crippen molar-refractivity contribution < 1.29 is 18.0 Å². The first-order valence-corrected chi connectivity index (χ1v) is 11.5. The molecule has 3 N–H and O–H groups in total. The van der Waals surface area contributed by atoms with E-state index in [0.717, 1.165) is 16.3 Å². The van der Waals surface area contributed by atoms with Crippen LogP contribution < -0.4 is 15.4 Å². The van der Waals surface area contributed by atoms with Crippen LogP contribution in [0.5, 0.6) is 0 Å². The third-order valence-electron chi connectivity index (χ3n) is 4.75. The van der Waals surface area contributed by atoms with Gasteiger partial charge in [-0.2, -0.15) is 0 Å². The van der Waals surface area contributed by atoms with Crippen molar-refractivity contribution in [1.82, 2.24) is 15.4 Å². The largest absolute Gasteiger partial charge is 0.348 e. The van der Waals surface area contributed by atoms with Gasteiger partial charge in [0.2, 0.25) is 21.8 Å². The van der Waals surface area contributed by atoms with E-state index in [0.29, 0.717) is 5.56 Å². The molecular formula is C23H25N3O4S. The molecule has 0 radical (unpaired) electrons. The van der Waals surface area contributed by atoms with Gasteiger partial charge < -0.3 is 10.6 Å². The lowest BCUT2D eigenvalue weighted by Crippen LogP contribution is -2.42. The van der Waals surface area contributed by atoms with Gasteiger partial charge in [0, 0.05) is 0 Å². The van der Waals surface area contributed by atoms with Crippen molar-refractivity contribution in [2.75, 3.05) is 13.1 Å². The maximum Gasteiger partial charge on any atom is 0.239 e. The molecule has 0 fully saturated rings. The summed E-state index contributed by atoms with van der Waals surface area (Å²) >= 11 is 0. The average Bonchev–Trinajstić information content (AvgIpc) is 2.76. The number of hydrogen-bond donors (Lipinski definition) is 3. The molecule has 0 spiro atoms. The zero-order chi connectivity index (χ0) is 22.3. The normalized spacial score (nSPS) is 12.3. The van der Waals surface area contributed by atoms with E-state index < -0.39 is 22.5 Å². The van der Waals surface area contributed by atoms with Gasteiger partial charge in [0.1, 0.15) is 0 Å². The van der Waals surface area contributed by atoms with Gasteiger partial charge in [-0.1, -0.05) is 66.7 Å². The molecule has 0 heterocycles. The molecule has 0 aliphatic rings.